The number of nitrogen functional groups attached to an aromatic ring is 1. The molecule has 0 spiro atoms. The normalized spacial score (nSPS) is 10.4. The monoisotopic (exact) mass is 227 g/mol. The maximum Gasteiger partial charge on any atom is 0.434 e. The van der Waals surface area contributed by atoms with E-state index in [9.17, 15) is 13.2 Å². The topological polar surface area (TPSA) is 51.8 Å². The predicted molar refractivity (Wildman–Crippen MR) is 47.8 cm³/mol. The minimum Gasteiger partial charge on any atom is -0.381 e. The van der Waals surface area contributed by atoms with E-state index in [0.717, 1.165) is 0 Å². The fourth-order valence-electron chi connectivity index (χ4n) is 0.512. The third-order valence-electron chi connectivity index (χ3n) is 1.05. The molecule has 0 saturated carbocycles. The highest BCUT2D eigenvalue weighted by atomic mass is 35.5. The van der Waals surface area contributed by atoms with Crippen LogP contribution in [0.2, 0.25) is 5.15 Å². The van der Waals surface area contributed by atoms with Gasteiger partial charge in [0.25, 0.3) is 0 Å². The number of anilines is 1. The van der Waals surface area contributed by atoms with E-state index < -0.39 is 17.0 Å². The molecule has 3 nitrogen and oxygen atoms in total. The maximum absolute atomic E-state index is 11.9. The van der Waals surface area contributed by atoms with Gasteiger partial charge in [0.05, 0.1) is 6.20 Å². The third kappa shape index (κ3) is 3.37. The molecule has 0 aliphatic carbocycles. The van der Waals surface area contributed by atoms with Gasteiger partial charge in [-0.2, -0.15) is 13.2 Å². The zero-order valence-corrected chi connectivity index (χ0v) is 8.32. The van der Waals surface area contributed by atoms with Crippen molar-refractivity contribution in [2.75, 3.05) is 5.73 Å². The highest BCUT2D eigenvalue weighted by Crippen LogP contribution is 2.28. The molecule has 0 fully saturated rings. The number of halogens is 4. The second kappa shape index (κ2) is 4.99. The third-order valence-corrected chi connectivity index (χ3v) is 1.32. The summed E-state index contributed by atoms with van der Waals surface area (Å²) in [5.74, 6) is -0.218. The van der Waals surface area contributed by atoms with Crippen LogP contribution >= 0.6 is 11.6 Å². The first kappa shape index (κ1) is 13.0. The van der Waals surface area contributed by atoms with E-state index in [1.165, 1.54) is 0 Å². The second-order valence-corrected chi connectivity index (χ2v) is 2.29. The van der Waals surface area contributed by atoms with E-state index in [0.29, 0.717) is 6.20 Å². The van der Waals surface area contributed by atoms with Gasteiger partial charge in [0, 0.05) is 0 Å². The quantitative estimate of drug-likeness (QED) is 0.742. The minimum absolute atomic E-state index is 0.218. The zero-order valence-electron chi connectivity index (χ0n) is 7.56. The molecule has 14 heavy (non-hydrogen) atoms. The smallest absolute Gasteiger partial charge is 0.381 e. The molecule has 0 aliphatic heterocycles. The van der Waals surface area contributed by atoms with Crippen LogP contribution in [0.3, 0.4) is 0 Å². The molecule has 0 aromatic carbocycles. The fraction of sp³-hybridized carbons (Fsp3) is 0.429. The zero-order chi connectivity index (χ0) is 11.4. The lowest BCUT2D eigenvalue weighted by Gasteiger charge is -2.04. The predicted octanol–water partition coefficient (Wildman–Crippen LogP) is 2.76. The summed E-state index contributed by atoms with van der Waals surface area (Å²) in [4.78, 5) is 6.21. The highest BCUT2D eigenvalue weighted by molar-refractivity contribution is 6.31. The number of hydrogen-bond acceptors (Lipinski definition) is 3. The highest BCUT2D eigenvalue weighted by Gasteiger charge is 2.33. The van der Waals surface area contributed by atoms with Crippen molar-refractivity contribution in [1.29, 1.82) is 0 Å². The molecule has 2 N–H and O–H groups in total. The lowest BCUT2D eigenvalue weighted by Crippen LogP contribution is -2.09. The molecule has 0 aliphatic rings. The van der Waals surface area contributed by atoms with Crippen LogP contribution < -0.4 is 5.73 Å². The molecule has 0 saturated heterocycles. The van der Waals surface area contributed by atoms with E-state index in [1.54, 1.807) is 0 Å². The Balaban J connectivity index is 0.000000791. The molecular weight excluding hydrogens is 219 g/mol. The largest absolute Gasteiger partial charge is 0.434 e. The average Bonchev–Trinajstić information content (AvgIpc) is 2.11. The van der Waals surface area contributed by atoms with Gasteiger partial charge in [0.15, 0.2) is 16.7 Å². The Morgan fingerprint density at radius 1 is 1.36 bits per heavy atom. The van der Waals surface area contributed by atoms with Crippen LogP contribution in [0.25, 0.3) is 0 Å². The number of nitrogens with zero attached hydrogens (tertiary/aromatic N) is 2. The lowest BCUT2D eigenvalue weighted by molar-refractivity contribution is -0.141. The molecule has 7 heteroatoms. The second-order valence-electron chi connectivity index (χ2n) is 1.93. The molecule has 1 rings (SSSR count). The van der Waals surface area contributed by atoms with Crippen molar-refractivity contribution in [3.8, 4) is 0 Å². The van der Waals surface area contributed by atoms with Crippen LogP contribution in [0.15, 0.2) is 6.20 Å². The molecule has 0 atom stereocenters. The first-order chi connectivity index (χ1) is 6.41. The van der Waals surface area contributed by atoms with Crippen molar-refractivity contribution in [2.24, 2.45) is 0 Å². The number of rotatable bonds is 0. The summed E-state index contributed by atoms with van der Waals surface area (Å²) in [6, 6.07) is 0. The molecule has 0 bridgehead atoms. The van der Waals surface area contributed by atoms with Crippen molar-refractivity contribution >= 4 is 17.4 Å². The summed E-state index contributed by atoms with van der Waals surface area (Å²) in [5, 5.41) is -0.440. The Hall–Kier alpha value is -1.04. The van der Waals surface area contributed by atoms with Gasteiger partial charge >= 0.3 is 6.18 Å². The number of alkyl halides is 3. The number of hydrogen-bond donors (Lipinski definition) is 1. The molecule has 1 aromatic heterocycles. The van der Waals surface area contributed by atoms with Gasteiger partial charge in [-0.05, 0) is 0 Å². The SMILES string of the molecule is CC.Nc1ncc(C(F)(F)F)nc1Cl. The van der Waals surface area contributed by atoms with Crippen LogP contribution in [0.5, 0.6) is 0 Å². The minimum atomic E-state index is -4.54. The van der Waals surface area contributed by atoms with E-state index >= 15 is 0 Å². The molecule has 0 amide bonds. The Morgan fingerprint density at radius 2 is 1.86 bits per heavy atom. The van der Waals surface area contributed by atoms with Gasteiger partial charge in [0.2, 0.25) is 0 Å². The van der Waals surface area contributed by atoms with Crippen molar-refractivity contribution in [2.45, 2.75) is 20.0 Å². The summed E-state index contributed by atoms with van der Waals surface area (Å²) in [7, 11) is 0. The number of nitrogens with two attached hydrogens (primary N) is 1. The first-order valence-corrected chi connectivity index (χ1v) is 4.14. The van der Waals surface area contributed by atoms with Crippen molar-refractivity contribution in [3.63, 3.8) is 0 Å². The molecule has 1 aromatic rings. The van der Waals surface area contributed by atoms with Gasteiger partial charge < -0.3 is 5.73 Å². The van der Waals surface area contributed by atoms with Crippen molar-refractivity contribution < 1.29 is 13.2 Å². The Morgan fingerprint density at radius 3 is 2.21 bits per heavy atom. The molecule has 1 heterocycles. The Bertz CT molecular complexity index is 301. The fourth-order valence-corrected chi connectivity index (χ4v) is 0.652. The van der Waals surface area contributed by atoms with E-state index in [2.05, 4.69) is 9.97 Å². The van der Waals surface area contributed by atoms with Crippen LogP contribution in [-0.2, 0) is 6.18 Å². The Kier molecular flexibility index (Phi) is 4.62. The van der Waals surface area contributed by atoms with Crippen LogP contribution in [0, 0.1) is 0 Å². The van der Waals surface area contributed by atoms with E-state index in [-0.39, 0.29) is 5.82 Å². The summed E-state index contributed by atoms with van der Waals surface area (Å²) in [6.07, 6.45) is -4.01. The van der Waals surface area contributed by atoms with Gasteiger partial charge in [-0.1, -0.05) is 25.4 Å². The van der Waals surface area contributed by atoms with Gasteiger partial charge in [-0.15, -0.1) is 0 Å². The summed E-state index contributed by atoms with van der Waals surface area (Å²) >= 11 is 5.22. The van der Waals surface area contributed by atoms with Gasteiger partial charge in [0.1, 0.15) is 0 Å². The average molecular weight is 228 g/mol. The van der Waals surface area contributed by atoms with E-state index in [1.807, 2.05) is 13.8 Å². The molecule has 0 radical (unpaired) electrons. The molecular formula is C7H9ClF3N3. The van der Waals surface area contributed by atoms with E-state index in [4.69, 9.17) is 17.3 Å². The van der Waals surface area contributed by atoms with Crippen LogP contribution in [-0.4, -0.2) is 9.97 Å². The molecule has 0 unspecified atom stereocenters. The van der Waals surface area contributed by atoms with Crippen molar-refractivity contribution in [3.05, 3.63) is 17.0 Å². The first-order valence-electron chi connectivity index (χ1n) is 3.76. The summed E-state index contributed by atoms with van der Waals surface area (Å²) in [5.41, 5.74) is 3.91. The summed E-state index contributed by atoms with van der Waals surface area (Å²) < 4.78 is 35.7. The van der Waals surface area contributed by atoms with Crippen LogP contribution in [0.4, 0.5) is 19.0 Å². The number of aromatic nitrogens is 2. The maximum atomic E-state index is 11.9. The van der Waals surface area contributed by atoms with Crippen LogP contribution in [0.1, 0.15) is 19.5 Å². The Labute approximate surface area is 84.1 Å². The molecule has 80 valence electrons. The standard InChI is InChI=1S/C5H3ClF3N3.C2H6/c6-3-4(10)11-1-2(12-3)5(7,8)9;1-2/h1H,(H2,10,11);1-2H3. The lowest BCUT2D eigenvalue weighted by atomic mass is 10.4. The van der Waals surface area contributed by atoms with Gasteiger partial charge in [-0.25, -0.2) is 9.97 Å². The van der Waals surface area contributed by atoms with Gasteiger partial charge in [-0.3, -0.25) is 0 Å². The van der Waals surface area contributed by atoms with Crippen molar-refractivity contribution in [1.82, 2.24) is 9.97 Å². The summed E-state index contributed by atoms with van der Waals surface area (Å²) in [6.45, 7) is 4.00.